The zero-order valence-corrected chi connectivity index (χ0v) is 16.0. The number of aryl methyl sites for hydroxylation is 2. The molecular weight excluding hydrogens is 354 g/mol. The molecule has 2 atom stereocenters. The summed E-state index contributed by atoms with van der Waals surface area (Å²) < 4.78 is 0. The zero-order chi connectivity index (χ0) is 16.5. The Morgan fingerprint density at radius 1 is 1.32 bits per heavy atom. The normalized spacial score (nSPS) is 22.1. The SMILES string of the molecule is C[C@H]1C[C@@H](C(=O)Nc2nc(-c3ccc4c(c3)CCC4)cs2)CCN1.Cl. The lowest BCUT2D eigenvalue weighted by Crippen LogP contribution is -2.40. The van der Waals surface area contributed by atoms with Crippen molar-refractivity contribution in [2.24, 2.45) is 5.92 Å². The summed E-state index contributed by atoms with van der Waals surface area (Å²) in [5.41, 5.74) is 5.05. The Balaban J connectivity index is 0.00000182. The molecule has 1 amide bonds. The number of hydrogen-bond donors (Lipinski definition) is 2. The molecule has 0 spiro atoms. The molecule has 2 aliphatic rings. The molecule has 2 aromatic rings. The van der Waals surface area contributed by atoms with Crippen LogP contribution in [0.5, 0.6) is 0 Å². The Morgan fingerprint density at radius 2 is 2.16 bits per heavy atom. The van der Waals surface area contributed by atoms with Crippen molar-refractivity contribution in [3.8, 4) is 11.3 Å². The maximum atomic E-state index is 12.4. The van der Waals surface area contributed by atoms with Gasteiger partial charge in [0.2, 0.25) is 5.91 Å². The number of hydrogen-bond acceptors (Lipinski definition) is 4. The van der Waals surface area contributed by atoms with Crippen molar-refractivity contribution >= 4 is 34.8 Å². The number of halogens is 1. The third-order valence-electron chi connectivity index (χ3n) is 5.12. The van der Waals surface area contributed by atoms with Crippen LogP contribution in [0.1, 0.15) is 37.3 Å². The molecule has 1 fully saturated rings. The molecule has 1 aromatic heterocycles. The Bertz CT molecular complexity index is 761. The summed E-state index contributed by atoms with van der Waals surface area (Å²) in [4.78, 5) is 17.1. The molecule has 1 aromatic carbocycles. The van der Waals surface area contributed by atoms with Crippen LogP contribution < -0.4 is 10.6 Å². The Hall–Kier alpha value is -1.43. The average Bonchev–Trinajstić information content (AvgIpc) is 3.23. The number of benzene rings is 1. The molecule has 0 saturated carbocycles. The third-order valence-corrected chi connectivity index (χ3v) is 5.88. The van der Waals surface area contributed by atoms with E-state index in [1.54, 1.807) is 0 Å². The number of carbonyl (C=O) groups is 1. The fourth-order valence-electron chi connectivity index (χ4n) is 3.77. The monoisotopic (exact) mass is 377 g/mol. The minimum absolute atomic E-state index is 0. The van der Waals surface area contributed by atoms with E-state index >= 15 is 0 Å². The lowest BCUT2D eigenvalue weighted by Gasteiger charge is -2.26. The van der Waals surface area contributed by atoms with Crippen LogP contribution in [0.4, 0.5) is 5.13 Å². The molecular formula is C19H24ClN3OS. The molecule has 2 heterocycles. The second kappa shape index (κ2) is 7.85. The van der Waals surface area contributed by atoms with Crippen molar-refractivity contribution in [3.63, 3.8) is 0 Å². The summed E-state index contributed by atoms with van der Waals surface area (Å²) in [7, 11) is 0. The van der Waals surface area contributed by atoms with Crippen molar-refractivity contribution in [1.29, 1.82) is 0 Å². The summed E-state index contributed by atoms with van der Waals surface area (Å²) in [6.45, 7) is 3.05. The summed E-state index contributed by atoms with van der Waals surface area (Å²) >= 11 is 1.51. The highest BCUT2D eigenvalue weighted by Gasteiger charge is 2.25. The van der Waals surface area contributed by atoms with E-state index in [1.807, 2.05) is 5.38 Å². The van der Waals surface area contributed by atoms with E-state index in [0.717, 1.165) is 30.6 Å². The van der Waals surface area contributed by atoms with Crippen molar-refractivity contribution in [1.82, 2.24) is 10.3 Å². The fraction of sp³-hybridized carbons (Fsp3) is 0.474. The zero-order valence-electron chi connectivity index (χ0n) is 14.4. The van der Waals surface area contributed by atoms with Gasteiger partial charge in [0.05, 0.1) is 5.69 Å². The number of rotatable bonds is 3. The highest BCUT2D eigenvalue weighted by Crippen LogP contribution is 2.30. The van der Waals surface area contributed by atoms with Gasteiger partial charge in [-0.15, -0.1) is 23.7 Å². The minimum atomic E-state index is 0. The van der Waals surface area contributed by atoms with Gasteiger partial charge >= 0.3 is 0 Å². The maximum Gasteiger partial charge on any atom is 0.229 e. The van der Waals surface area contributed by atoms with E-state index in [9.17, 15) is 4.79 Å². The van der Waals surface area contributed by atoms with Gasteiger partial charge in [-0.05, 0) is 62.8 Å². The second-order valence-corrected chi connectivity index (χ2v) is 7.80. The first-order chi connectivity index (χ1) is 11.7. The average molecular weight is 378 g/mol. The number of thiazole rings is 1. The van der Waals surface area contributed by atoms with Crippen molar-refractivity contribution in [2.45, 2.75) is 45.1 Å². The van der Waals surface area contributed by atoms with Gasteiger partial charge in [0.1, 0.15) is 0 Å². The van der Waals surface area contributed by atoms with E-state index in [4.69, 9.17) is 0 Å². The number of fused-ring (bicyclic) bond motifs is 1. The predicted octanol–water partition coefficient (Wildman–Crippen LogP) is 4.05. The highest BCUT2D eigenvalue weighted by molar-refractivity contribution is 7.14. The van der Waals surface area contributed by atoms with E-state index < -0.39 is 0 Å². The topological polar surface area (TPSA) is 54.0 Å². The molecule has 0 bridgehead atoms. The summed E-state index contributed by atoms with van der Waals surface area (Å²) in [5, 5.41) is 9.15. The van der Waals surface area contributed by atoms with Gasteiger partial charge in [0, 0.05) is 22.9 Å². The number of nitrogens with one attached hydrogen (secondary N) is 2. The quantitative estimate of drug-likeness (QED) is 0.848. The largest absolute Gasteiger partial charge is 0.314 e. The molecule has 4 nitrogen and oxygen atoms in total. The summed E-state index contributed by atoms with van der Waals surface area (Å²) in [5.74, 6) is 0.201. The van der Waals surface area contributed by atoms with Crippen LogP contribution >= 0.6 is 23.7 Å². The number of nitrogens with zero attached hydrogens (tertiary/aromatic N) is 1. The van der Waals surface area contributed by atoms with Crippen LogP contribution in [0.25, 0.3) is 11.3 Å². The number of carbonyl (C=O) groups excluding carboxylic acids is 1. The van der Waals surface area contributed by atoms with Crippen LogP contribution in [-0.2, 0) is 17.6 Å². The molecule has 2 N–H and O–H groups in total. The molecule has 134 valence electrons. The Labute approximate surface area is 158 Å². The predicted molar refractivity (Wildman–Crippen MR) is 106 cm³/mol. The molecule has 25 heavy (non-hydrogen) atoms. The fourth-order valence-corrected chi connectivity index (χ4v) is 4.50. The molecule has 1 aliphatic carbocycles. The summed E-state index contributed by atoms with van der Waals surface area (Å²) in [6, 6.07) is 7.05. The smallest absolute Gasteiger partial charge is 0.229 e. The van der Waals surface area contributed by atoms with Crippen molar-refractivity contribution < 1.29 is 4.79 Å². The molecule has 6 heteroatoms. The van der Waals surface area contributed by atoms with Crippen LogP contribution in [0, 0.1) is 5.92 Å². The molecule has 0 unspecified atom stereocenters. The minimum Gasteiger partial charge on any atom is -0.314 e. The first-order valence-corrected chi connectivity index (χ1v) is 9.69. The van der Waals surface area contributed by atoms with E-state index in [-0.39, 0.29) is 24.2 Å². The van der Waals surface area contributed by atoms with E-state index in [1.165, 1.54) is 41.7 Å². The Morgan fingerprint density at radius 3 is 3.00 bits per heavy atom. The standard InChI is InChI=1S/C19H23N3OS.ClH/c1-12-9-16(7-8-20-12)18(23)22-19-21-17(11-24-19)15-6-5-13-3-2-4-14(13)10-15;/h5-6,10-12,16,20H,2-4,7-9H2,1H3,(H,21,22,23);1H/t12-,16-;/m0./s1. The number of amides is 1. The maximum absolute atomic E-state index is 12.4. The van der Waals surface area contributed by atoms with Gasteiger partial charge in [-0.25, -0.2) is 4.98 Å². The van der Waals surface area contributed by atoms with Crippen LogP contribution in [0.2, 0.25) is 0 Å². The van der Waals surface area contributed by atoms with Gasteiger partial charge in [-0.3, -0.25) is 4.79 Å². The third kappa shape index (κ3) is 4.05. The Kier molecular flexibility index (Phi) is 5.77. The summed E-state index contributed by atoms with van der Waals surface area (Å²) in [6.07, 6.45) is 5.42. The van der Waals surface area contributed by atoms with Gasteiger partial charge in [-0.1, -0.05) is 12.1 Å². The van der Waals surface area contributed by atoms with Gasteiger partial charge in [-0.2, -0.15) is 0 Å². The van der Waals surface area contributed by atoms with Gasteiger partial charge in [0.15, 0.2) is 5.13 Å². The van der Waals surface area contributed by atoms with Crippen molar-refractivity contribution in [2.75, 3.05) is 11.9 Å². The van der Waals surface area contributed by atoms with Crippen LogP contribution in [0.3, 0.4) is 0 Å². The molecule has 1 saturated heterocycles. The van der Waals surface area contributed by atoms with E-state index in [0.29, 0.717) is 11.2 Å². The second-order valence-electron chi connectivity index (χ2n) is 6.94. The number of anilines is 1. The van der Waals surface area contributed by atoms with Crippen LogP contribution in [-0.4, -0.2) is 23.5 Å². The lowest BCUT2D eigenvalue weighted by atomic mass is 9.92. The lowest BCUT2D eigenvalue weighted by molar-refractivity contribution is -0.120. The molecule has 0 radical (unpaired) electrons. The first kappa shape index (κ1) is 18.4. The van der Waals surface area contributed by atoms with Gasteiger partial charge < -0.3 is 10.6 Å². The first-order valence-electron chi connectivity index (χ1n) is 8.81. The van der Waals surface area contributed by atoms with Crippen molar-refractivity contribution in [3.05, 3.63) is 34.7 Å². The van der Waals surface area contributed by atoms with E-state index in [2.05, 4.69) is 40.7 Å². The molecule has 1 aliphatic heterocycles. The number of piperidine rings is 1. The van der Waals surface area contributed by atoms with Crippen LogP contribution in [0.15, 0.2) is 23.6 Å². The number of aromatic nitrogens is 1. The highest BCUT2D eigenvalue weighted by atomic mass is 35.5. The van der Waals surface area contributed by atoms with Gasteiger partial charge in [0.25, 0.3) is 0 Å². The molecule has 4 rings (SSSR count).